The van der Waals surface area contributed by atoms with Crippen molar-refractivity contribution in [1.29, 1.82) is 5.41 Å². The van der Waals surface area contributed by atoms with Crippen LogP contribution in [0.2, 0.25) is 0 Å². The minimum atomic E-state index is -1.14. The lowest BCUT2D eigenvalue weighted by molar-refractivity contribution is -0.141. The first-order valence-corrected chi connectivity index (χ1v) is 5.11. The average Bonchev–Trinajstić information content (AvgIpc) is 2.26. The number of nitrogens with two attached hydrogens (primary N) is 1. The van der Waals surface area contributed by atoms with Gasteiger partial charge >= 0.3 is 5.97 Å². The van der Waals surface area contributed by atoms with E-state index in [0.717, 1.165) is 0 Å². The Balaban J connectivity index is 2.90. The molecule has 18 heavy (non-hydrogen) atoms. The van der Waals surface area contributed by atoms with E-state index in [1.165, 1.54) is 6.92 Å². The molecular weight excluding hydrogens is 236 g/mol. The highest BCUT2D eigenvalue weighted by molar-refractivity contribution is 5.90. The van der Waals surface area contributed by atoms with Crippen molar-refractivity contribution in [3.8, 4) is 0 Å². The van der Waals surface area contributed by atoms with Crippen molar-refractivity contribution in [3.05, 3.63) is 29.8 Å². The fourth-order valence-electron chi connectivity index (χ4n) is 1.41. The van der Waals surface area contributed by atoms with Crippen molar-refractivity contribution in [2.75, 3.05) is 5.32 Å². The Hall–Kier alpha value is -2.57. The summed E-state index contributed by atoms with van der Waals surface area (Å²) in [5, 5.41) is 20.9. The molecule has 0 unspecified atom stereocenters. The van der Waals surface area contributed by atoms with Gasteiger partial charge in [-0.3, -0.25) is 10.2 Å². The predicted molar refractivity (Wildman–Crippen MR) is 66.2 cm³/mol. The highest BCUT2D eigenvalue weighted by atomic mass is 16.4. The molecule has 0 aliphatic carbocycles. The average molecular weight is 250 g/mol. The Labute approximate surface area is 103 Å². The molecule has 0 spiro atoms. The maximum Gasteiger partial charge on any atom is 0.330 e. The van der Waals surface area contributed by atoms with Crippen LogP contribution in [0.5, 0.6) is 0 Å². The number of amides is 1. The fraction of sp³-hybridized carbons (Fsp3) is 0.182. The molecular formula is C11H14N4O3. The Bertz CT molecular complexity index is 470. The molecule has 1 aromatic carbocycles. The van der Waals surface area contributed by atoms with E-state index in [1.54, 1.807) is 24.3 Å². The standard InChI is InChI=1S/C11H14N4O3/c1-6(16)14-9(10(17)18)7-2-4-8(5-3-7)15-11(12)13/h2-5,9H,1H3,(H,14,16)(H,17,18)(H4,12,13,15)/t9-/m1/s1. The van der Waals surface area contributed by atoms with Gasteiger partial charge in [0.25, 0.3) is 0 Å². The number of carboxylic acids is 1. The van der Waals surface area contributed by atoms with Crippen molar-refractivity contribution in [2.24, 2.45) is 5.73 Å². The number of carbonyl (C=O) groups is 2. The van der Waals surface area contributed by atoms with Crippen molar-refractivity contribution in [2.45, 2.75) is 13.0 Å². The second-order valence-corrected chi connectivity index (χ2v) is 3.63. The zero-order valence-corrected chi connectivity index (χ0v) is 9.73. The van der Waals surface area contributed by atoms with Gasteiger partial charge in [-0.15, -0.1) is 0 Å². The van der Waals surface area contributed by atoms with Crippen LogP contribution in [0.25, 0.3) is 0 Å². The van der Waals surface area contributed by atoms with Crippen molar-refractivity contribution >= 4 is 23.5 Å². The molecule has 0 bridgehead atoms. The van der Waals surface area contributed by atoms with Crippen LogP contribution in [-0.4, -0.2) is 22.9 Å². The van der Waals surface area contributed by atoms with Crippen LogP contribution in [0.3, 0.4) is 0 Å². The van der Waals surface area contributed by atoms with Crippen molar-refractivity contribution in [3.63, 3.8) is 0 Å². The Morgan fingerprint density at radius 3 is 2.28 bits per heavy atom. The van der Waals surface area contributed by atoms with Gasteiger partial charge in [0.1, 0.15) is 0 Å². The molecule has 96 valence electrons. The van der Waals surface area contributed by atoms with E-state index in [9.17, 15) is 9.59 Å². The lowest BCUT2D eigenvalue weighted by Gasteiger charge is -2.14. The summed E-state index contributed by atoms with van der Waals surface area (Å²) in [4.78, 5) is 21.9. The minimum absolute atomic E-state index is 0.209. The molecule has 0 saturated carbocycles. The summed E-state index contributed by atoms with van der Waals surface area (Å²) >= 11 is 0. The van der Waals surface area contributed by atoms with Gasteiger partial charge in [0, 0.05) is 12.6 Å². The second kappa shape index (κ2) is 5.67. The number of nitrogens with one attached hydrogen (secondary N) is 3. The maximum absolute atomic E-state index is 11.0. The van der Waals surface area contributed by atoms with E-state index in [1.807, 2.05) is 0 Å². The molecule has 7 heteroatoms. The van der Waals surface area contributed by atoms with Crippen LogP contribution in [0, 0.1) is 5.41 Å². The third kappa shape index (κ3) is 3.78. The number of benzene rings is 1. The van der Waals surface area contributed by atoms with Crippen LogP contribution in [0.15, 0.2) is 24.3 Å². The summed E-state index contributed by atoms with van der Waals surface area (Å²) in [6.45, 7) is 1.25. The first-order chi connectivity index (χ1) is 8.40. The molecule has 1 amide bonds. The van der Waals surface area contributed by atoms with E-state index >= 15 is 0 Å². The number of carbonyl (C=O) groups excluding carboxylic acids is 1. The molecule has 1 atom stereocenters. The van der Waals surface area contributed by atoms with E-state index < -0.39 is 17.9 Å². The quantitative estimate of drug-likeness (QED) is 0.386. The summed E-state index contributed by atoms with van der Waals surface area (Å²) in [5.74, 6) is -1.77. The SMILES string of the molecule is CC(=O)N[C@@H](C(=O)O)c1ccc(NC(=N)N)cc1. The Morgan fingerprint density at radius 1 is 1.33 bits per heavy atom. The summed E-state index contributed by atoms with van der Waals surface area (Å²) in [5.41, 5.74) is 6.16. The lowest BCUT2D eigenvalue weighted by Crippen LogP contribution is -2.31. The summed E-state index contributed by atoms with van der Waals surface area (Å²) < 4.78 is 0. The zero-order valence-electron chi connectivity index (χ0n) is 9.73. The van der Waals surface area contributed by atoms with Gasteiger partial charge in [-0.2, -0.15) is 0 Å². The van der Waals surface area contributed by atoms with E-state index in [0.29, 0.717) is 11.3 Å². The largest absolute Gasteiger partial charge is 0.479 e. The summed E-state index contributed by atoms with van der Waals surface area (Å²) in [6, 6.07) is 5.15. The van der Waals surface area contributed by atoms with Crippen molar-refractivity contribution in [1.82, 2.24) is 5.32 Å². The van der Waals surface area contributed by atoms with E-state index in [-0.39, 0.29) is 5.96 Å². The Morgan fingerprint density at radius 2 is 1.89 bits per heavy atom. The molecule has 0 aliphatic rings. The third-order valence-corrected chi connectivity index (χ3v) is 2.12. The molecule has 0 aromatic heterocycles. The number of rotatable bonds is 4. The van der Waals surface area contributed by atoms with Crippen LogP contribution in [0.1, 0.15) is 18.5 Å². The number of aliphatic carboxylic acids is 1. The third-order valence-electron chi connectivity index (χ3n) is 2.12. The molecule has 0 fully saturated rings. The van der Waals surface area contributed by atoms with Gasteiger partial charge in [-0.05, 0) is 17.7 Å². The molecule has 0 radical (unpaired) electrons. The molecule has 0 aliphatic heterocycles. The van der Waals surface area contributed by atoms with Gasteiger partial charge in [-0.1, -0.05) is 12.1 Å². The van der Waals surface area contributed by atoms with Crippen molar-refractivity contribution < 1.29 is 14.7 Å². The molecule has 1 aromatic rings. The maximum atomic E-state index is 11.0. The molecule has 0 heterocycles. The van der Waals surface area contributed by atoms with E-state index in [4.69, 9.17) is 16.2 Å². The second-order valence-electron chi connectivity index (χ2n) is 3.63. The monoisotopic (exact) mass is 250 g/mol. The van der Waals surface area contributed by atoms with Gasteiger partial charge in [-0.25, -0.2) is 4.79 Å². The van der Waals surface area contributed by atoms with Gasteiger partial charge in [0.2, 0.25) is 5.91 Å². The van der Waals surface area contributed by atoms with Crippen LogP contribution in [-0.2, 0) is 9.59 Å². The number of guanidine groups is 1. The molecule has 6 N–H and O–H groups in total. The number of hydrogen-bond acceptors (Lipinski definition) is 3. The minimum Gasteiger partial charge on any atom is -0.479 e. The van der Waals surface area contributed by atoms with Crippen LogP contribution >= 0.6 is 0 Å². The number of carboxylic acid groups (broad SMARTS) is 1. The Kier molecular flexibility index (Phi) is 4.25. The van der Waals surface area contributed by atoms with E-state index in [2.05, 4.69) is 10.6 Å². The van der Waals surface area contributed by atoms with Crippen LogP contribution in [0.4, 0.5) is 5.69 Å². The lowest BCUT2D eigenvalue weighted by atomic mass is 10.1. The first-order valence-electron chi connectivity index (χ1n) is 5.11. The van der Waals surface area contributed by atoms with Gasteiger partial charge < -0.3 is 21.5 Å². The molecule has 7 nitrogen and oxygen atoms in total. The van der Waals surface area contributed by atoms with Crippen LogP contribution < -0.4 is 16.4 Å². The number of hydrogen-bond donors (Lipinski definition) is 5. The first kappa shape index (κ1) is 13.5. The summed E-state index contributed by atoms with van der Waals surface area (Å²) in [6.07, 6.45) is 0. The van der Waals surface area contributed by atoms with Gasteiger partial charge in [0.15, 0.2) is 12.0 Å². The highest BCUT2D eigenvalue weighted by Crippen LogP contribution is 2.16. The zero-order chi connectivity index (χ0) is 13.7. The molecule has 0 saturated heterocycles. The number of anilines is 1. The predicted octanol–water partition coefficient (Wildman–Crippen LogP) is 0.254. The fourth-order valence-corrected chi connectivity index (χ4v) is 1.41. The highest BCUT2D eigenvalue weighted by Gasteiger charge is 2.20. The van der Waals surface area contributed by atoms with Gasteiger partial charge in [0.05, 0.1) is 0 Å². The normalized spacial score (nSPS) is 11.4. The smallest absolute Gasteiger partial charge is 0.330 e. The topological polar surface area (TPSA) is 128 Å². The molecule has 1 rings (SSSR count). The summed E-state index contributed by atoms with van der Waals surface area (Å²) in [7, 11) is 0.